The van der Waals surface area contributed by atoms with E-state index in [0.29, 0.717) is 11.8 Å². The van der Waals surface area contributed by atoms with Crippen molar-refractivity contribution in [1.82, 2.24) is 14.8 Å². The van der Waals surface area contributed by atoms with Crippen LogP contribution in [0.4, 0.5) is 5.95 Å². The monoisotopic (exact) mass is 426 g/mol. The Hall–Kier alpha value is -3.13. The maximum atomic E-state index is 11.5. The maximum Gasteiger partial charge on any atom is 0.352 e. The maximum absolute atomic E-state index is 11.5. The first-order chi connectivity index (χ1) is 13.0. The van der Waals surface area contributed by atoms with Crippen LogP contribution in [0.15, 0.2) is 64.8 Å². The van der Waals surface area contributed by atoms with Gasteiger partial charge in [-0.3, -0.25) is 0 Å². The molecule has 0 spiro atoms. The second-order valence-electron chi connectivity index (χ2n) is 5.94. The van der Waals surface area contributed by atoms with E-state index in [4.69, 9.17) is 4.74 Å². The Bertz CT molecular complexity index is 1040. The van der Waals surface area contributed by atoms with Gasteiger partial charge in [0.1, 0.15) is 17.5 Å². The number of carbonyl (C=O) groups is 1. The van der Waals surface area contributed by atoms with Crippen molar-refractivity contribution < 1.29 is 14.6 Å². The molecule has 1 aliphatic rings. The molecule has 0 bridgehead atoms. The molecule has 1 aromatic heterocycles. The molecule has 8 heteroatoms. The molecule has 7 nitrogen and oxygen atoms in total. The minimum absolute atomic E-state index is 0.0662. The van der Waals surface area contributed by atoms with Gasteiger partial charge in [0, 0.05) is 10.0 Å². The molecule has 0 saturated heterocycles. The van der Waals surface area contributed by atoms with Gasteiger partial charge >= 0.3 is 5.97 Å². The molecule has 0 saturated carbocycles. The molecule has 0 aliphatic carbocycles. The number of rotatable bonds is 4. The molecular weight excluding hydrogens is 412 g/mol. The molecule has 3 aromatic rings. The minimum atomic E-state index is -1.05. The highest BCUT2D eigenvalue weighted by atomic mass is 79.9. The molecular formula is C19H15BrN4O3. The second-order valence-corrected chi connectivity index (χ2v) is 6.86. The topological polar surface area (TPSA) is 89.3 Å². The third-order valence-corrected chi connectivity index (χ3v) is 4.73. The molecule has 0 radical (unpaired) electrons. The van der Waals surface area contributed by atoms with Gasteiger partial charge in [-0.1, -0.05) is 40.2 Å². The Morgan fingerprint density at radius 1 is 1.26 bits per heavy atom. The summed E-state index contributed by atoms with van der Waals surface area (Å²) in [5.41, 5.74) is 1.78. The number of hydrogen-bond acceptors (Lipinski definition) is 5. The van der Waals surface area contributed by atoms with Crippen LogP contribution in [0, 0.1) is 0 Å². The van der Waals surface area contributed by atoms with Gasteiger partial charge < -0.3 is 15.2 Å². The Kier molecular flexibility index (Phi) is 4.41. The first kappa shape index (κ1) is 17.3. The minimum Gasteiger partial charge on any atom is -0.497 e. The summed E-state index contributed by atoms with van der Waals surface area (Å²) in [6, 6.07) is 14.7. The first-order valence-electron chi connectivity index (χ1n) is 8.14. The molecule has 27 heavy (non-hydrogen) atoms. The van der Waals surface area contributed by atoms with E-state index in [1.54, 1.807) is 17.9 Å². The standard InChI is InChI=1S/C19H15BrN4O3/c1-27-14-7-5-11(6-8-14)16-10-15(18(25)26)21-19-22-17(23-24(16)19)12-3-2-4-13(20)9-12/h2-10,16H,1H3,(H,25,26)(H,21,22,23)/t16-/m1/s1. The quantitative estimate of drug-likeness (QED) is 0.660. The van der Waals surface area contributed by atoms with E-state index >= 15 is 0 Å². The smallest absolute Gasteiger partial charge is 0.352 e. The van der Waals surface area contributed by atoms with Crippen LogP contribution in [-0.4, -0.2) is 33.0 Å². The van der Waals surface area contributed by atoms with E-state index in [2.05, 4.69) is 31.3 Å². The summed E-state index contributed by atoms with van der Waals surface area (Å²) in [6.07, 6.45) is 1.62. The van der Waals surface area contributed by atoms with Crippen LogP contribution in [0.25, 0.3) is 11.4 Å². The Morgan fingerprint density at radius 2 is 2.04 bits per heavy atom. The van der Waals surface area contributed by atoms with Gasteiger partial charge in [-0.05, 0) is 35.9 Å². The van der Waals surface area contributed by atoms with E-state index < -0.39 is 12.0 Å². The van der Waals surface area contributed by atoms with Crippen molar-refractivity contribution in [2.75, 3.05) is 12.4 Å². The molecule has 1 atom stereocenters. The molecule has 0 fully saturated rings. The summed E-state index contributed by atoms with van der Waals surface area (Å²) >= 11 is 3.44. The van der Waals surface area contributed by atoms with Crippen molar-refractivity contribution in [3.05, 3.63) is 70.3 Å². The number of allylic oxidation sites excluding steroid dienone is 1. The number of nitrogens with one attached hydrogen (secondary N) is 1. The van der Waals surface area contributed by atoms with Gasteiger partial charge in [-0.2, -0.15) is 4.98 Å². The highest BCUT2D eigenvalue weighted by Crippen LogP contribution is 2.32. The van der Waals surface area contributed by atoms with E-state index in [1.807, 2.05) is 48.5 Å². The van der Waals surface area contributed by atoms with Crippen LogP contribution in [0.3, 0.4) is 0 Å². The van der Waals surface area contributed by atoms with Crippen molar-refractivity contribution in [3.63, 3.8) is 0 Å². The average molecular weight is 427 g/mol. The van der Waals surface area contributed by atoms with Crippen LogP contribution in [0.1, 0.15) is 11.6 Å². The summed E-state index contributed by atoms with van der Waals surface area (Å²) in [6.45, 7) is 0. The average Bonchev–Trinajstić information content (AvgIpc) is 3.11. The lowest BCUT2D eigenvalue weighted by atomic mass is 10.0. The van der Waals surface area contributed by atoms with E-state index in [9.17, 15) is 9.90 Å². The van der Waals surface area contributed by atoms with Crippen molar-refractivity contribution in [2.24, 2.45) is 0 Å². The number of methoxy groups -OCH3 is 1. The Morgan fingerprint density at radius 3 is 2.70 bits per heavy atom. The molecule has 136 valence electrons. The number of carboxylic acids is 1. The molecule has 1 aliphatic heterocycles. The van der Waals surface area contributed by atoms with Gasteiger partial charge in [-0.15, -0.1) is 5.10 Å². The van der Waals surface area contributed by atoms with Crippen molar-refractivity contribution in [3.8, 4) is 17.1 Å². The Balaban J connectivity index is 1.80. The Labute approximate surface area is 163 Å². The summed E-state index contributed by atoms with van der Waals surface area (Å²) in [5, 5.41) is 16.9. The summed E-state index contributed by atoms with van der Waals surface area (Å²) in [5.74, 6) is 0.568. The van der Waals surface area contributed by atoms with E-state index in [1.165, 1.54) is 0 Å². The highest BCUT2D eigenvalue weighted by molar-refractivity contribution is 9.10. The van der Waals surface area contributed by atoms with Crippen molar-refractivity contribution >= 4 is 27.8 Å². The van der Waals surface area contributed by atoms with Crippen LogP contribution >= 0.6 is 15.9 Å². The number of aromatic nitrogens is 3. The van der Waals surface area contributed by atoms with Crippen molar-refractivity contribution in [2.45, 2.75) is 6.04 Å². The first-order valence-corrected chi connectivity index (χ1v) is 8.93. The second kappa shape index (κ2) is 6.88. The molecule has 2 N–H and O–H groups in total. The van der Waals surface area contributed by atoms with Crippen molar-refractivity contribution in [1.29, 1.82) is 0 Å². The van der Waals surface area contributed by atoms with E-state index in [-0.39, 0.29) is 5.70 Å². The third kappa shape index (κ3) is 3.31. The lowest BCUT2D eigenvalue weighted by Gasteiger charge is -2.22. The lowest BCUT2D eigenvalue weighted by molar-refractivity contribution is -0.132. The molecule has 2 aromatic carbocycles. The highest BCUT2D eigenvalue weighted by Gasteiger charge is 2.27. The molecule has 4 rings (SSSR count). The molecule has 0 unspecified atom stereocenters. The van der Waals surface area contributed by atoms with Crippen LogP contribution in [-0.2, 0) is 4.79 Å². The van der Waals surface area contributed by atoms with Crippen LogP contribution < -0.4 is 10.1 Å². The zero-order valence-corrected chi connectivity index (χ0v) is 15.8. The fraction of sp³-hybridized carbons (Fsp3) is 0.105. The number of anilines is 1. The molecule has 0 amide bonds. The number of nitrogens with zero attached hydrogens (tertiary/aromatic N) is 3. The predicted molar refractivity (Wildman–Crippen MR) is 104 cm³/mol. The van der Waals surface area contributed by atoms with Gasteiger partial charge in [0.05, 0.1) is 7.11 Å². The fourth-order valence-corrected chi connectivity index (χ4v) is 3.31. The number of halogens is 1. The number of fused-ring (bicyclic) bond motifs is 1. The van der Waals surface area contributed by atoms with Gasteiger partial charge in [-0.25, -0.2) is 9.48 Å². The molecule has 2 heterocycles. The third-order valence-electron chi connectivity index (χ3n) is 4.24. The summed E-state index contributed by atoms with van der Waals surface area (Å²) in [7, 11) is 1.60. The number of carboxylic acid groups (broad SMARTS) is 1. The number of hydrogen-bond donors (Lipinski definition) is 2. The van der Waals surface area contributed by atoms with Crippen LogP contribution in [0.2, 0.25) is 0 Å². The normalized spacial score (nSPS) is 15.5. The number of ether oxygens (including phenoxy) is 1. The van der Waals surface area contributed by atoms with E-state index in [0.717, 1.165) is 21.3 Å². The number of aliphatic carboxylic acids is 1. The lowest BCUT2D eigenvalue weighted by Crippen LogP contribution is -2.24. The zero-order chi connectivity index (χ0) is 19.0. The zero-order valence-electron chi connectivity index (χ0n) is 14.3. The predicted octanol–water partition coefficient (Wildman–Crippen LogP) is 3.70. The number of benzene rings is 2. The van der Waals surface area contributed by atoms with Crippen LogP contribution in [0.5, 0.6) is 5.75 Å². The van der Waals surface area contributed by atoms with Gasteiger partial charge in [0.2, 0.25) is 5.95 Å². The largest absolute Gasteiger partial charge is 0.497 e. The summed E-state index contributed by atoms with van der Waals surface area (Å²) < 4.78 is 7.80. The van der Waals surface area contributed by atoms with Gasteiger partial charge in [0.15, 0.2) is 5.82 Å². The summed E-state index contributed by atoms with van der Waals surface area (Å²) in [4.78, 5) is 16.0. The fourth-order valence-electron chi connectivity index (χ4n) is 2.91. The SMILES string of the molecule is COc1ccc([C@H]2C=C(C(=O)O)Nc3nc(-c4cccc(Br)c4)nn32)cc1. The van der Waals surface area contributed by atoms with Gasteiger partial charge in [0.25, 0.3) is 0 Å².